The number of nitrogens with one attached hydrogen (secondary N) is 1. The van der Waals surface area contributed by atoms with Crippen LogP contribution in [0.3, 0.4) is 0 Å². The smallest absolute Gasteiger partial charge is 0.353 e. The van der Waals surface area contributed by atoms with Gasteiger partial charge in [0.15, 0.2) is 0 Å². The highest BCUT2D eigenvalue weighted by Crippen LogP contribution is 2.28. The van der Waals surface area contributed by atoms with Gasteiger partial charge in [-0.3, -0.25) is 10.1 Å². The van der Waals surface area contributed by atoms with Crippen LogP contribution in [0.25, 0.3) is 0 Å². The number of hydrogen-bond donors (Lipinski definition) is 2. The minimum absolute atomic E-state index is 0.0113. The summed E-state index contributed by atoms with van der Waals surface area (Å²) in [6, 6.07) is 0. The van der Waals surface area contributed by atoms with Crippen LogP contribution in [0.1, 0.15) is 19.0 Å². The monoisotopic (exact) mass is 215 g/mol. The highest BCUT2D eigenvalue weighted by Gasteiger charge is 2.24. The first kappa shape index (κ1) is 11.4. The maximum Gasteiger partial charge on any atom is 0.353 e. The van der Waals surface area contributed by atoms with E-state index in [1.165, 1.54) is 0 Å². The molecule has 0 aliphatic heterocycles. The van der Waals surface area contributed by atoms with Gasteiger partial charge in [0.05, 0.1) is 11.5 Å². The van der Waals surface area contributed by atoms with Gasteiger partial charge in [-0.15, -0.1) is 0 Å². The van der Waals surface area contributed by atoms with Crippen LogP contribution in [0.15, 0.2) is 0 Å². The highest BCUT2D eigenvalue weighted by molar-refractivity contribution is 5.45. The number of aromatic nitrogens is 2. The predicted octanol–water partition coefficient (Wildman–Crippen LogP) is 0.641. The lowest BCUT2D eigenvalue weighted by atomic mass is 10.3. The number of H-pyrrole nitrogens is 1. The summed E-state index contributed by atoms with van der Waals surface area (Å²) in [5.41, 5.74) is 0.259. The van der Waals surface area contributed by atoms with Gasteiger partial charge in [-0.2, -0.15) is 5.10 Å². The number of ether oxygens (including phenoxy) is 1. The molecule has 15 heavy (non-hydrogen) atoms. The van der Waals surface area contributed by atoms with E-state index < -0.39 is 4.92 Å². The van der Waals surface area contributed by atoms with Gasteiger partial charge in [0.25, 0.3) is 5.88 Å². The number of nitrogens with zero attached hydrogens (tertiary/aromatic N) is 2. The standard InChI is InChI=1S/C8H13N3O4/c1-2-6-7(11(13)14)8(10-9-6)15-5-3-4-12/h12H,2-5H2,1H3,(H,9,10). The molecule has 0 aliphatic carbocycles. The molecule has 0 saturated heterocycles. The van der Waals surface area contributed by atoms with E-state index in [2.05, 4.69) is 10.2 Å². The van der Waals surface area contributed by atoms with E-state index in [0.29, 0.717) is 18.5 Å². The Labute approximate surface area is 86.2 Å². The second kappa shape index (κ2) is 5.30. The van der Waals surface area contributed by atoms with Crippen LogP contribution in [0.4, 0.5) is 5.69 Å². The Hall–Kier alpha value is -1.63. The van der Waals surface area contributed by atoms with Crippen molar-refractivity contribution >= 4 is 5.69 Å². The van der Waals surface area contributed by atoms with E-state index >= 15 is 0 Å². The molecular formula is C8H13N3O4. The minimum Gasteiger partial charge on any atom is -0.473 e. The Bertz CT molecular complexity index is 337. The van der Waals surface area contributed by atoms with Crippen LogP contribution in [-0.2, 0) is 6.42 Å². The molecule has 7 nitrogen and oxygen atoms in total. The summed E-state index contributed by atoms with van der Waals surface area (Å²) in [4.78, 5) is 10.2. The number of aliphatic hydroxyl groups is 1. The molecule has 1 aromatic rings. The molecule has 0 bridgehead atoms. The molecule has 0 unspecified atom stereocenters. The second-order valence-corrected chi connectivity index (χ2v) is 2.88. The number of aliphatic hydroxyl groups excluding tert-OH is 1. The number of aryl methyl sites for hydroxylation is 1. The van der Waals surface area contributed by atoms with Crippen molar-refractivity contribution in [1.82, 2.24) is 10.2 Å². The first-order valence-electron chi connectivity index (χ1n) is 4.66. The normalized spacial score (nSPS) is 10.3. The number of rotatable bonds is 6. The molecule has 0 saturated carbocycles. The largest absolute Gasteiger partial charge is 0.473 e. The molecule has 2 N–H and O–H groups in total. The second-order valence-electron chi connectivity index (χ2n) is 2.88. The fraction of sp³-hybridized carbons (Fsp3) is 0.625. The molecule has 0 amide bonds. The lowest BCUT2D eigenvalue weighted by molar-refractivity contribution is -0.386. The van der Waals surface area contributed by atoms with Gasteiger partial charge >= 0.3 is 5.69 Å². The van der Waals surface area contributed by atoms with Crippen molar-refractivity contribution in [1.29, 1.82) is 0 Å². The molecule has 7 heteroatoms. The van der Waals surface area contributed by atoms with Crippen molar-refractivity contribution in [2.75, 3.05) is 13.2 Å². The third-order valence-corrected chi connectivity index (χ3v) is 1.85. The van der Waals surface area contributed by atoms with E-state index in [9.17, 15) is 10.1 Å². The highest BCUT2D eigenvalue weighted by atomic mass is 16.6. The number of hydrogen-bond acceptors (Lipinski definition) is 5. The quantitative estimate of drug-likeness (QED) is 0.412. The summed E-state index contributed by atoms with van der Waals surface area (Å²) in [5, 5.41) is 25.5. The van der Waals surface area contributed by atoms with Crippen molar-refractivity contribution in [3.05, 3.63) is 15.8 Å². The third-order valence-electron chi connectivity index (χ3n) is 1.85. The SMILES string of the molecule is CCc1n[nH]c(OCCCO)c1[N+](=O)[O-]. The van der Waals surface area contributed by atoms with Crippen LogP contribution < -0.4 is 4.74 Å². The van der Waals surface area contributed by atoms with Crippen LogP contribution in [0, 0.1) is 10.1 Å². The fourth-order valence-corrected chi connectivity index (χ4v) is 1.13. The lowest BCUT2D eigenvalue weighted by Crippen LogP contribution is -2.02. The van der Waals surface area contributed by atoms with E-state index in [1.807, 2.05) is 0 Å². The van der Waals surface area contributed by atoms with Crippen LogP contribution in [0.2, 0.25) is 0 Å². The van der Waals surface area contributed by atoms with Gasteiger partial charge in [-0.05, 0) is 6.42 Å². The summed E-state index contributed by atoms with van der Waals surface area (Å²) < 4.78 is 5.10. The van der Waals surface area contributed by atoms with Crippen molar-refractivity contribution in [3.8, 4) is 5.88 Å². The van der Waals surface area contributed by atoms with Crippen molar-refractivity contribution in [2.24, 2.45) is 0 Å². The predicted molar refractivity (Wildman–Crippen MR) is 51.8 cm³/mol. The van der Waals surface area contributed by atoms with E-state index in [-0.39, 0.29) is 24.8 Å². The molecule has 0 radical (unpaired) electrons. The molecule has 0 aromatic carbocycles. The number of aromatic amines is 1. The maximum absolute atomic E-state index is 10.7. The first-order valence-corrected chi connectivity index (χ1v) is 4.66. The van der Waals surface area contributed by atoms with Gasteiger partial charge in [-0.1, -0.05) is 6.92 Å². The van der Waals surface area contributed by atoms with Crippen molar-refractivity contribution in [2.45, 2.75) is 19.8 Å². The Morgan fingerprint density at radius 2 is 2.40 bits per heavy atom. The molecule has 84 valence electrons. The lowest BCUT2D eigenvalue weighted by Gasteiger charge is -2.00. The third kappa shape index (κ3) is 2.66. The van der Waals surface area contributed by atoms with Gasteiger partial charge in [-0.25, -0.2) is 5.10 Å². The molecule has 1 aromatic heterocycles. The van der Waals surface area contributed by atoms with E-state index in [1.54, 1.807) is 6.92 Å². The zero-order chi connectivity index (χ0) is 11.3. The van der Waals surface area contributed by atoms with Crippen LogP contribution >= 0.6 is 0 Å². The van der Waals surface area contributed by atoms with Gasteiger partial charge in [0.2, 0.25) is 0 Å². The molecule has 0 spiro atoms. The Morgan fingerprint density at radius 1 is 1.67 bits per heavy atom. The summed E-state index contributed by atoms with van der Waals surface area (Å²) >= 11 is 0. The average molecular weight is 215 g/mol. The van der Waals surface area contributed by atoms with Crippen molar-refractivity contribution < 1.29 is 14.8 Å². The number of nitro groups is 1. The summed E-state index contributed by atoms with van der Waals surface area (Å²) in [5.74, 6) is 0.0605. The fourth-order valence-electron chi connectivity index (χ4n) is 1.13. The van der Waals surface area contributed by atoms with Gasteiger partial charge in [0.1, 0.15) is 5.69 Å². The van der Waals surface area contributed by atoms with Gasteiger partial charge < -0.3 is 9.84 Å². The van der Waals surface area contributed by atoms with E-state index in [0.717, 1.165) is 0 Å². The topological polar surface area (TPSA) is 101 Å². The zero-order valence-electron chi connectivity index (χ0n) is 8.39. The Balaban J connectivity index is 2.78. The Morgan fingerprint density at radius 3 is 2.93 bits per heavy atom. The summed E-state index contributed by atoms with van der Waals surface area (Å²) in [6.45, 7) is 1.99. The molecular weight excluding hydrogens is 202 g/mol. The summed E-state index contributed by atoms with van der Waals surface area (Å²) in [7, 11) is 0. The molecule has 0 aliphatic rings. The minimum atomic E-state index is -0.517. The van der Waals surface area contributed by atoms with Gasteiger partial charge in [0, 0.05) is 13.0 Å². The maximum atomic E-state index is 10.7. The zero-order valence-corrected chi connectivity index (χ0v) is 8.39. The molecule has 0 fully saturated rings. The average Bonchev–Trinajstić information content (AvgIpc) is 2.61. The molecule has 1 rings (SSSR count). The Kier molecular flexibility index (Phi) is 4.04. The van der Waals surface area contributed by atoms with Crippen LogP contribution in [-0.4, -0.2) is 33.4 Å². The molecule has 1 heterocycles. The van der Waals surface area contributed by atoms with Crippen molar-refractivity contribution in [3.63, 3.8) is 0 Å². The van der Waals surface area contributed by atoms with E-state index in [4.69, 9.17) is 9.84 Å². The van der Waals surface area contributed by atoms with Crippen LogP contribution in [0.5, 0.6) is 5.88 Å². The summed E-state index contributed by atoms with van der Waals surface area (Å²) in [6.07, 6.45) is 0.897. The first-order chi connectivity index (χ1) is 7.20. The molecule has 0 atom stereocenters.